The number of benzene rings is 2. The summed E-state index contributed by atoms with van der Waals surface area (Å²) in [4.78, 5) is 41.5. The van der Waals surface area contributed by atoms with Crippen LogP contribution in [-0.4, -0.2) is 31.9 Å². The highest BCUT2D eigenvalue weighted by Gasteiger charge is 2.15. The number of hydrogen-bond acceptors (Lipinski definition) is 5. The van der Waals surface area contributed by atoms with Crippen LogP contribution in [0.1, 0.15) is 15.9 Å². The number of halogens is 1. The van der Waals surface area contributed by atoms with E-state index in [9.17, 15) is 24.6 Å². The van der Waals surface area contributed by atoms with Crippen LogP contribution in [0.2, 0.25) is 5.02 Å². The van der Waals surface area contributed by atoms with Gasteiger partial charge >= 0.3 is 11.7 Å². The number of carboxylic acids is 1. The number of aromatic nitrogens is 2. The number of carbonyl (C=O) groups is 1. The molecule has 3 N–H and O–H groups in total. The summed E-state index contributed by atoms with van der Waals surface area (Å²) in [5.74, 6) is -1.82. The van der Waals surface area contributed by atoms with Gasteiger partial charge in [0.2, 0.25) is 5.88 Å². The smallest absolute Gasteiger partial charge is 0.337 e. The number of rotatable bonds is 4. The Bertz CT molecular complexity index is 1160. The molecule has 3 rings (SSSR count). The Balaban J connectivity index is 2.14. The van der Waals surface area contributed by atoms with Gasteiger partial charge in [0, 0.05) is 11.2 Å². The summed E-state index contributed by atoms with van der Waals surface area (Å²) < 4.78 is 0.877. The molecule has 0 aliphatic heterocycles. The second-order valence-electron chi connectivity index (χ2n) is 5.39. The summed E-state index contributed by atoms with van der Waals surface area (Å²) in [6.07, 6.45) is 1.00. The van der Waals surface area contributed by atoms with Crippen molar-refractivity contribution in [3.63, 3.8) is 0 Å². The van der Waals surface area contributed by atoms with E-state index < -0.39 is 23.1 Å². The minimum absolute atomic E-state index is 0.0734. The maximum Gasteiger partial charge on any atom is 0.337 e. The molecule has 0 bridgehead atoms. The molecule has 0 saturated carbocycles. The normalized spacial score (nSPS) is 11.0. The van der Waals surface area contributed by atoms with Gasteiger partial charge in [-0.3, -0.25) is 14.8 Å². The Labute approximate surface area is 156 Å². The van der Waals surface area contributed by atoms with E-state index in [-0.39, 0.29) is 22.5 Å². The number of H-pyrrole nitrogens is 1. The van der Waals surface area contributed by atoms with Gasteiger partial charge in [0.15, 0.2) is 0 Å². The summed E-state index contributed by atoms with van der Waals surface area (Å²) in [5.41, 5.74) is -1.71. The largest absolute Gasteiger partial charge is 0.493 e. The topological polar surface area (TPSA) is 125 Å². The molecule has 1 heterocycles. The van der Waals surface area contributed by atoms with Gasteiger partial charge in [0.1, 0.15) is 5.56 Å². The summed E-state index contributed by atoms with van der Waals surface area (Å²) >= 11 is 5.82. The molecule has 0 amide bonds. The fraction of sp³-hybridized carbons (Fsp3) is 0. The first-order chi connectivity index (χ1) is 12.9. The van der Waals surface area contributed by atoms with Gasteiger partial charge in [0.05, 0.1) is 16.9 Å². The van der Waals surface area contributed by atoms with Crippen LogP contribution in [0, 0.1) is 0 Å². The predicted octanol–water partition coefficient (Wildman–Crippen LogP) is 2.33. The van der Waals surface area contributed by atoms with Crippen LogP contribution in [0.25, 0.3) is 5.69 Å². The van der Waals surface area contributed by atoms with E-state index in [1.165, 1.54) is 42.5 Å². The zero-order valence-corrected chi connectivity index (χ0v) is 14.3. The van der Waals surface area contributed by atoms with E-state index in [4.69, 9.17) is 11.6 Å². The van der Waals surface area contributed by atoms with Crippen molar-refractivity contribution in [3.8, 4) is 11.6 Å². The molecule has 0 spiro atoms. The standard InChI is InChI=1S/C18H12ClN3O5/c19-10-5-7-11(8-6-10)22-16(24)13(15(23)21-18(22)27)9-20-14-4-2-1-3-12(14)17(25)26/h1-9,24H,(H,25,26)(H,21,23,27). The minimum atomic E-state index is -1.19. The highest BCUT2D eigenvalue weighted by Crippen LogP contribution is 2.21. The van der Waals surface area contributed by atoms with Crippen LogP contribution in [0.15, 0.2) is 63.1 Å². The molecule has 0 atom stereocenters. The van der Waals surface area contributed by atoms with Crippen LogP contribution in [-0.2, 0) is 0 Å². The molecule has 0 saturated heterocycles. The Morgan fingerprint density at radius 2 is 1.78 bits per heavy atom. The fourth-order valence-corrected chi connectivity index (χ4v) is 2.51. The molecule has 136 valence electrons. The van der Waals surface area contributed by atoms with E-state index in [1.54, 1.807) is 6.07 Å². The van der Waals surface area contributed by atoms with E-state index >= 15 is 0 Å². The highest BCUT2D eigenvalue weighted by atomic mass is 35.5. The Hall–Kier alpha value is -3.65. The average molecular weight is 386 g/mol. The third-order valence-corrected chi connectivity index (χ3v) is 3.92. The van der Waals surface area contributed by atoms with Crippen LogP contribution in [0.4, 0.5) is 5.69 Å². The molecule has 0 radical (unpaired) electrons. The predicted molar refractivity (Wildman–Crippen MR) is 100.0 cm³/mol. The van der Waals surface area contributed by atoms with Crippen molar-refractivity contribution in [1.29, 1.82) is 0 Å². The Kier molecular flexibility index (Phi) is 4.91. The monoisotopic (exact) mass is 385 g/mol. The van der Waals surface area contributed by atoms with E-state index in [1.807, 2.05) is 0 Å². The third-order valence-electron chi connectivity index (χ3n) is 3.67. The Morgan fingerprint density at radius 3 is 2.44 bits per heavy atom. The average Bonchev–Trinajstić information content (AvgIpc) is 2.63. The molecule has 0 fully saturated rings. The first-order valence-corrected chi connectivity index (χ1v) is 7.97. The van der Waals surface area contributed by atoms with Crippen LogP contribution in [0.3, 0.4) is 0 Å². The van der Waals surface area contributed by atoms with Gasteiger partial charge < -0.3 is 10.2 Å². The number of hydrogen-bond donors (Lipinski definition) is 3. The van der Waals surface area contributed by atoms with Crippen molar-refractivity contribution in [2.45, 2.75) is 0 Å². The van der Waals surface area contributed by atoms with Gasteiger partial charge in [-0.25, -0.2) is 14.2 Å². The minimum Gasteiger partial charge on any atom is -0.493 e. The number of aromatic amines is 1. The van der Waals surface area contributed by atoms with E-state index in [0.717, 1.165) is 10.8 Å². The first-order valence-electron chi connectivity index (χ1n) is 7.59. The zero-order valence-electron chi connectivity index (χ0n) is 13.6. The second kappa shape index (κ2) is 7.30. The number of aromatic hydroxyl groups is 1. The number of aliphatic imine (C=N–C) groups is 1. The van der Waals surface area contributed by atoms with Gasteiger partial charge in [-0.05, 0) is 36.4 Å². The molecule has 1 aromatic heterocycles. The van der Waals surface area contributed by atoms with Crippen molar-refractivity contribution < 1.29 is 15.0 Å². The van der Waals surface area contributed by atoms with Gasteiger partial charge in [-0.15, -0.1) is 0 Å². The summed E-state index contributed by atoms with van der Waals surface area (Å²) in [6.45, 7) is 0. The van der Waals surface area contributed by atoms with Crippen molar-refractivity contribution in [3.05, 3.63) is 85.5 Å². The number of carboxylic acid groups (broad SMARTS) is 1. The lowest BCUT2D eigenvalue weighted by atomic mass is 10.2. The molecule has 2 aromatic carbocycles. The lowest BCUT2D eigenvalue weighted by molar-refractivity contribution is 0.0698. The molecular formula is C18H12ClN3O5. The van der Waals surface area contributed by atoms with Crippen LogP contribution >= 0.6 is 11.6 Å². The van der Waals surface area contributed by atoms with E-state index in [2.05, 4.69) is 9.98 Å². The molecule has 0 unspecified atom stereocenters. The van der Waals surface area contributed by atoms with Crippen molar-refractivity contribution in [2.75, 3.05) is 0 Å². The highest BCUT2D eigenvalue weighted by molar-refractivity contribution is 6.30. The van der Waals surface area contributed by atoms with Crippen molar-refractivity contribution in [1.82, 2.24) is 9.55 Å². The molecule has 0 aliphatic rings. The third kappa shape index (κ3) is 3.65. The molecule has 8 nitrogen and oxygen atoms in total. The van der Waals surface area contributed by atoms with Crippen LogP contribution < -0.4 is 11.2 Å². The van der Waals surface area contributed by atoms with E-state index in [0.29, 0.717) is 5.02 Å². The summed E-state index contributed by atoms with van der Waals surface area (Å²) in [7, 11) is 0. The van der Waals surface area contributed by atoms with Gasteiger partial charge in [0.25, 0.3) is 5.56 Å². The summed E-state index contributed by atoms with van der Waals surface area (Å²) in [5, 5.41) is 20.0. The van der Waals surface area contributed by atoms with Crippen molar-refractivity contribution in [2.24, 2.45) is 4.99 Å². The summed E-state index contributed by atoms with van der Waals surface area (Å²) in [6, 6.07) is 11.9. The number of nitrogens with zero attached hydrogens (tertiary/aromatic N) is 2. The Morgan fingerprint density at radius 1 is 1.11 bits per heavy atom. The number of nitrogens with one attached hydrogen (secondary N) is 1. The second-order valence-corrected chi connectivity index (χ2v) is 5.83. The maximum atomic E-state index is 12.1. The molecule has 9 heteroatoms. The van der Waals surface area contributed by atoms with Gasteiger partial charge in [-0.1, -0.05) is 23.7 Å². The zero-order chi connectivity index (χ0) is 19.6. The lowest BCUT2D eigenvalue weighted by Crippen LogP contribution is -2.31. The van der Waals surface area contributed by atoms with Gasteiger partial charge in [-0.2, -0.15) is 0 Å². The van der Waals surface area contributed by atoms with Crippen molar-refractivity contribution >= 4 is 29.5 Å². The lowest BCUT2D eigenvalue weighted by Gasteiger charge is -2.09. The first kappa shape index (κ1) is 18.2. The molecule has 27 heavy (non-hydrogen) atoms. The maximum absolute atomic E-state index is 12.1. The quantitative estimate of drug-likeness (QED) is 0.594. The molecule has 0 aliphatic carbocycles. The number of para-hydroxylation sites is 1. The van der Waals surface area contributed by atoms with Crippen LogP contribution in [0.5, 0.6) is 5.88 Å². The fourth-order valence-electron chi connectivity index (χ4n) is 2.39. The molecular weight excluding hydrogens is 374 g/mol. The number of aromatic carboxylic acids is 1. The molecule has 3 aromatic rings. The SMILES string of the molecule is O=C(O)c1ccccc1N=Cc1c(O)n(-c2ccc(Cl)cc2)c(=O)[nH]c1=O.